The molecule has 2 fully saturated rings. The summed E-state index contributed by atoms with van der Waals surface area (Å²) in [5.74, 6) is -2.80. The van der Waals surface area contributed by atoms with Crippen molar-refractivity contribution in [1.29, 1.82) is 0 Å². The molecule has 2 aliphatic rings. The number of aliphatic carboxylic acids is 1. The van der Waals surface area contributed by atoms with E-state index in [4.69, 9.17) is 5.11 Å². The molecule has 1 N–H and O–H groups in total. The molecule has 0 aliphatic carbocycles. The number of β-lactam (4-membered cyclic amide) rings is 1. The summed E-state index contributed by atoms with van der Waals surface area (Å²) in [7, 11) is 1.23. The minimum absolute atomic E-state index is 0.127. The summed E-state index contributed by atoms with van der Waals surface area (Å²) in [6.45, 7) is 1.79. The normalized spacial score (nSPS) is 36.6. The van der Waals surface area contributed by atoms with Gasteiger partial charge >= 0.3 is 11.9 Å². The molecule has 16 heavy (non-hydrogen) atoms. The number of hydrogen-bond donors (Lipinski definition) is 1. The van der Waals surface area contributed by atoms with Crippen molar-refractivity contribution in [2.75, 3.05) is 7.11 Å². The van der Waals surface area contributed by atoms with Crippen LogP contribution in [0.4, 0.5) is 0 Å². The maximum atomic E-state index is 11.5. The first-order chi connectivity index (χ1) is 7.49. The van der Waals surface area contributed by atoms with Gasteiger partial charge in [-0.2, -0.15) is 0 Å². The Morgan fingerprint density at radius 1 is 1.50 bits per heavy atom. The molecule has 0 spiro atoms. The summed E-state index contributed by atoms with van der Waals surface area (Å²) in [6, 6.07) is -1.19. The van der Waals surface area contributed by atoms with Gasteiger partial charge in [0.15, 0.2) is 0 Å². The minimum Gasteiger partial charge on any atom is -0.480 e. The first kappa shape index (κ1) is 10.9. The fourth-order valence-corrected chi connectivity index (χ4v) is 2.71. The Labute approximate surface area is 92.2 Å². The van der Waals surface area contributed by atoms with Crippen molar-refractivity contribution in [2.45, 2.75) is 25.4 Å². The Kier molecular flexibility index (Phi) is 2.36. The lowest BCUT2D eigenvalue weighted by Crippen LogP contribution is -2.56. The maximum Gasteiger partial charge on any atom is 0.327 e. The standard InChI is InChI=1S/C10H13NO5/c1-4-5-3-6(12)11(5)8(9(13)14)7(4)10(15)16-2/h4-5,7-8H,3H2,1-2H3,(H,13,14)/t4?,5-,7+,8+/m0/s1. The molecule has 0 aromatic rings. The largest absolute Gasteiger partial charge is 0.480 e. The Morgan fingerprint density at radius 3 is 2.56 bits per heavy atom. The molecule has 6 heteroatoms. The summed E-state index contributed by atoms with van der Waals surface area (Å²) >= 11 is 0. The van der Waals surface area contributed by atoms with Gasteiger partial charge in [-0.15, -0.1) is 0 Å². The summed E-state index contributed by atoms with van der Waals surface area (Å²) in [6.07, 6.45) is 0.332. The van der Waals surface area contributed by atoms with Crippen LogP contribution >= 0.6 is 0 Å². The molecule has 2 rings (SSSR count). The monoisotopic (exact) mass is 227 g/mol. The van der Waals surface area contributed by atoms with Crippen LogP contribution in [-0.4, -0.2) is 47.0 Å². The molecule has 2 saturated heterocycles. The summed E-state index contributed by atoms with van der Waals surface area (Å²) < 4.78 is 4.60. The van der Waals surface area contributed by atoms with E-state index < -0.39 is 23.9 Å². The lowest BCUT2D eigenvalue weighted by molar-refractivity contribution is -0.161. The number of methoxy groups -OCH3 is 1. The molecule has 1 unspecified atom stereocenters. The van der Waals surface area contributed by atoms with Crippen molar-refractivity contribution in [3.63, 3.8) is 0 Å². The van der Waals surface area contributed by atoms with Crippen LogP contribution in [0.2, 0.25) is 0 Å². The first-order valence-corrected chi connectivity index (χ1v) is 5.10. The van der Waals surface area contributed by atoms with Crippen molar-refractivity contribution in [3.05, 3.63) is 0 Å². The topological polar surface area (TPSA) is 83.9 Å². The number of carboxylic acids is 1. The van der Waals surface area contributed by atoms with Gasteiger partial charge in [0, 0.05) is 12.5 Å². The molecule has 88 valence electrons. The zero-order valence-corrected chi connectivity index (χ0v) is 9.04. The van der Waals surface area contributed by atoms with Crippen LogP contribution in [-0.2, 0) is 19.1 Å². The van der Waals surface area contributed by atoms with E-state index in [1.54, 1.807) is 6.92 Å². The molecule has 0 radical (unpaired) electrons. The molecule has 0 bridgehead atoms. The van der Waals surface area contributed by atoms with Crippen molar-refractivity contribution in [3.8, 4) is 0 Å². The summed E-state index contributed by atoms with van der Waals surface area (Å²) in [5, 5.41) is 9.08. The Morgan fingerprint density at radius 2 is 2.12 bits per heavy atom. The number of ether oxygens (including phenoxy) is 1. The highest BCUT2D eigenvalue weighted by Crippen LogP contribution is 2.43. The van der Waals surface area contributed by atoms with Crippen LogP contribution in [0.1, 0.15) is 13.3 Å². The van der Waals surface area contributed by atoms with Gasteiger partial charge in [-0.05, 0) is 5.92 Å². The Hall–Kier alpha value is -1.59. The van der Waals surface area contributed by atoms with Gasteiger partial charge in [0.05, 0.1) is 13.0 Å². The maximum absolute atomic E-state index is 11.5. The number of amides is 1. The number of esters is 1. The number of rotatable bonds is 2. The van der Waals surface area contributed by atoms with Gasteiger partial charge in [-0.3, -0.25) is 9.59 Å². The molecule has 0 saturated carbocycles. The van der Waals surface area contributed by atoms with Gasteiger partial charge < -0.3 is 14.7 Å². The number of carbonyl (C=O) groups excluding carboxylic acids is 2. The van der Waals surface area contributed by atoms with Gasteiger partial charge in [0.25, 0.3) is 0 Å². The molecule has 4 atom stereocenters. The average molecular weight is 227 g/mol. The van der Waals surface area contributed by atoms with Gasteiger partial charge in [0.1, 0.15) is 6.04 Å². The van der Waals surface area contributed by atoms with E-state index in [1.165, 1.54) is 12.0 Å². The van der Waals surface area contributed by atoms with Crippen LogP contribution in [0, 0.1) is 11.8 Å². The number of carboxylic acid groups (broad SMARTS) is 1. The molecular formula is C10H13NO5. The van der Waals surface area contributed by atoms with Crippen LogP contribution in [0.5, 0.6) is 0 Å². The number of nitrogens with zero attached hydrogens (tertiary/aromatic N) is 1. The minimum atomic E-state index is -1.14. The third kappa shape index (κ3) is 1.22. The van der Waals surface area contributed by atoms with Gasteiger partial charge in [-0.25, -0.2) is 4.79 Å². The van der Waals surface area contributed by atoms with E-state index in [0.717, 1.165) is 0 Å². The zero-order chi connectivity index (χ0) is 12.0. The van der Waals surface area contributed by atoms with Crippen molar-refractivity contribution < 1.29 is 24.2 Å². The van der Waals surface area contributed by atoms with Crippen molar-refractivity contribution in [1.82, 2.24) is 4.90 Å². The van der Waals surface area contributed by atoms with E-state index in [1.807, 2.05) is 0 Å². The quantitative estimate of drug-likeness (QED) is 0.507. The fourth-order valence-electron chi connectivity index (χ4n) is 2.71. The Bertz CT molecular complexity index is 366. The van der Waals surface area contributed by atoms with Crippen LogP contribution in [0.25, 0.3) is 0 Å². The highest BCUT2D eigenvalue weighted by Gasteiger charge is 2.60. The lowest BCUT2D eigenvalue weighted by atomic mass is 9.87. The number of carbonyl (C=O) groups is 3. The Balaban J connectivity index is 2.32. The van der Waals surface area contributed by atoms with E-state index in [-0.39, 0.29) is 17.9 Å². The molecular weight excluding hydrogens is 214 g/mol. The molecule has 2 heterocycles. The molecule has 0 aromatic heterocycles. The predicted octanol–water partition coefficient (Wildman–Crippen LogP) is -0.521. The van der Waals surface area contributed by atoms with Crippen molar-refractivity contribution >= 4 is 17.8 Å². The van der Waals surface area contributed by atoms with Gasteiger partial charge in [0.2, 0.25) is 5.91 Å². The van der Waals surface area contributed by atoms with Crippen molar-refractivity contribution in [2.24, 2.45) is 11.8 Å². The molecule has 1 amide bonds. The second kappa shape index (κ2) is 3.47. The lowest BCUT2D eigenvalue weighted by Gasteiger charge is -2.38. The molecule has 0 aromatic carbocycles. The van der Waals surface area contributed by atoms with E-state index in [9.17, 15) is 14.4 Å². The highest BCUT2D eigenvalue weighted by molar-refractivity contribution is 5.94. The van der Waals surface area contributed by atoms with Crippen LogP contribution < -0.4 is 0 Å². The van der Waals surface area contributed by atoms with E-state index in [2.05, 4.69) is 4.74 Å². The van der Waals surface area contributed by atoms with Crippen LogP contribution in [0.3, 0.4) is 0 Å². The smallest absolute Gasteiger partial charge is 0.327 e. The molecule has 6 nitrogen and oxygen atoms in total. The van der Waals surface area contributed by atoms with E-state index in [0.29, 0.717) is 6.42 Å². The summed E-state index contributed by atoms with van der Waals surface area (Å²) in [4.78, 5) is 35.3. The fraction of sp³-hybridized carbons (Fsp3) is 0.700. The second-order valence-electron chi connectivity index (χ2n) is 4.26. The number of hydrogen-bond acceptors (Lipinski definition) is 4. The zero-order valence-electron chi connectivity index (χ0n) is 9.04. The predicted molar refractivity (Wildman–Crippen MR) is 51.3 cm³/mol. The average Bonchev–Trinajstić information content (AvgIpc) is 2.46. The van der Waals surface area contributed by atoms with E-state index >= 15 is 0 Å². The highest BCUT2D eigenvalue weighted by atomic mass is 16.5. The first-order valence-electron chi connectivity index (χ1n) is 5.10. The molecule has 2 aliphatic heterocycles. The summed E-state index contributed by atoms with van der Waals surface area (Å²) in [5.41, 5.74) is 0. The SMILES string of the molecule is COC(=O)[C@@H]1C(C)[C@@H]2CC(=O)N2[C@H]1C(=O)O. The van der Waals surface area contributed by atoms with Crippen LogP contribution in [0.15, 0.2) is 0 Å². The third-order valence-electron chi connectivity index (χ3n) is 3.57. The third-order valence-corrected chi connectivity index (χ3v) is 3.57. The van der Waals surface area contributed by atoms with Gasteiger partial charge in [-0.1, -0.05) is 6.92 Å². The number of fused-ring (bicyclic) bond motifs is 1. The second-order valence-corrected chi connectivity index (χ2v) is 4.26.